The molecule has 1 fully saturated rings. The fourth-order valence-electron chi connectivity index (χ4n) is 3.36. The molecule has 0 bridgehead atoms. The van der Waals surface area contributed by atoms with Crippen molar-refractivity contribution in [1.29, 1.82) is 0 Å². The Morgan fingerprint density at radius 3 is 2.50 bits per heavy atom. The van der Waals surface area contributed by atoms with Gasteiger partial charge in [0.25, 0.3) is 11.8 Å². The normalized spacial score (nSPS) is 15.4. The Labute approximate surface area is 191 Å². The van der Waals surface area contributed by atoms with E-state index in [0.717, 1.165) is 10.5 Å². The van der Waals surface area contributed by atoms with Crippen LogP contribution in [0.1, 0.15) is 38.8 Å². The van der Waals surface area contributed by atoms with E-state index in [9.17, 15) is 14.4 Å². The third kappa shape index (κ3) is 4.78. The highest BCUT2D eigenvalue weighted by atomic mass is 35.5. The molecule has 1 heterocycles. The summed E-state index contributed by atoms with van der Waals surface area (Å²) in [4.78, 5) is 39.2. The van der Waals surface area contributed by atoms with E-state index in [-0.39, 0.29) is 16.7 Å². The summed E-state index contributed by atoms with van der Waals surface area (Å²) in [5, 5.41) is 2.52. The zero-order chi connectivity index (χ0) is 23.4. The SMILES string of the molecule is CCOc1cc(/C=C2/C(=O)NC(=O)N(c3ccccc3CC)C2=O)cc(Cl)c1OC(C)C. The van der Waals surface area contributed by atoms with Crippen LogP contribution in [0.2, 0.25) is 5.02 Å². The van der Waals surface area contributed by atoms with Gasteiger partial charge in [-0.1, -0.05) is 36.7 Å². The maximum absolute atomic E-state index is 13.2. The van der Waals surface area contributed by atoms with Crippen LogP contribution in [0.25, 0.3) is 6.08 Å². The van der Waals surface area contributed by atoms with E-state index in [0.29, 0.717) is 35.8 Å². The number of carbonyl (C=O) groups excluding carboxylic acids is 3. The first-order valence-corrected chi connectivity index (χ1v) is 10.8. The first kappa shape index (κ1) is 23.3. The van der Waals surface area contributed by atoms with Gasteiger partial charge < -0.3 is 9.47 Å². The summed E-state index contributed by atoms with van der Waals surface area (Å²) in [5.74, 6) is -0.703. The molecule has 3 rings (SSSR count). The molecule has 0 atom stereocenters. The van der Waals surface area contributed by atoms with Crippen LogP contribution in [0.15, 0.2) is 42.0 Å². The van der Waals surface area contributed by atoms with Gasteiger partial charge >= 0.3 is 6.03 Å². The van der Waals surface area contributed by atoms with Crippen molar-refractivity contribution >= 4 is 41.2 Å². The van der Waals surface area contributed by atoms with Crippen LogP contribution in [-0.4, -0.2) is 30.6 Å². The van der Waals surface area contributed by atoms with E-state index < -0.39 is 17.8 Å². The van der Waals surface area contributed by atoms with Gasteiger partial charge in [0.2, 0.25) is 0 Å². The number of para-hydroxylation sites is 1. The van der Waals surface area contributed by atoms with E-state index in [2.05, 4.69) is 5.32 Å². The Morgan fingerprint density at radius 1 is 1.12 bits per heavy atom. The van der Waals surface area contributed by atoms with Gasteiger partial charge in [-0.3, -0.25) is 14.9 Å². The molecule has 1 N–H and O–H groups in total. The molecule has 1 saturated heterocycles. The highest BCUT2D eigenvalue weighted by molar-refractivity contribution is 6.39. The number of nitrogens with one attached hydrogen (secondary N) is 1. The fourth-order valence-corrected chi connectivity index (χ4v) is 3.62. The molecule has 1 aliphatic heterocycles. The average molecular weight is 457 g/mol. The van der Waals surface area contributed by atoms with Crippen LogP contribution in [-0.2, 0) is 16.0 Å². The van der Waals surface area contributed by atoms with E-state index in [1.165, 1.54) is 6.08 Å². The second kappa shape index (κ2) is 9.87. The average Bonchev–Trinajstić information content (AvgIpc) is 2.74. The molecule has 32 heavy (non-hydrogen) atoms. The van der Waals surface area contributed by atoms with Crippen LogP contribution in [0.4, 0.5) is 10.5 Å². The summed E-state index contributed by atoms with van der Waals surface area (Å²) in [7, 11) is 0. The predicted octanol–water partition coefficient (Wildman–Crippen LogP) is 4.75. The molecule has 0 aliphatic carbocycles. The smallest absolute Gasteiger partial charge is 0.335 e. The zero-order valence-corrected chi connectivity index (χ0v) is 19.2. The van der Waals surface area contributed by atoms with Gasteiger partial charge in [-0.2, -0.15) is 0 Å². The third-order valence-electron chi connectivity index (χ3n) is 4.71. The number of hydrogen-bond acceptors (Lipinski definition) is 5. The van der Waals surface area contributed by atoms with Gasteiger partial charge in [-0.15, -0.1) is 0 Å². The number of hydrogen-bond donors (Lipinski definition) is 1. The summed E-state index contributed by atoms with van der Waals surface area (Å²) in [6, 6.07) is 9.50. The van der Waals surface area contributed by atoms with Gasteiger partial charge in [-0.25, -0.2) is 9.69 Å². The molecule has 0 unspecified atom stereocenters. The van der Waals surface area contributed by atoms with Crippen LogP contribution < -0.4 is 19.7 Å². The van der Waals surface area contributed by atoms with Gasteiger partial charge in [0.1, 0.15) is 5.57 Å². The van der Waals surface area contributed by atoms with Gasteiger partial charge in [0, 0.05) is 0 Å². The first-order valence-electron chi connectivity index (χ1n) is 10.4. The number of imide groups is 2. The standard InChI is InChI=1S/C24H25ClN2O5/c1-5-16-9-7-8-10-19(16)27-23(29)17(22(28)26-24(27)30)11-15-12-18(25)21(32-14(3)4)20(13-15)31-6-2/h7-14H,5-6H2,1-4H3,(H,26,28,30)/b17-11-. The summed E-state index contributed by atoms with van der Waals surface area (Å²) in [6.45, 7) is 7.86. The third-order valence-corrected chi connectivity index (χ3v) is 4.99. The molecule has 8 heteroatoms. The Hall–Kier alpha value is -3.32. The van der Waals surface area contributed by atoms with E-state index in [1.807, 2.05) is 39.8 Å². The summed E-state index contributed by atoms with van der Waals surface area (Å²) < 4.78 is 11.4. The number of carbonyl (C=O) groups is 3. The van der Waals surface area contributed by atoms with Crippen molar-refractivity contribution in [3.05, 3.63) is 58.1 Å². The number of barbiturate groups is 1. The van der Waals surface area contributed by atoms with E-state index in [4.69, 9.17) is 21.1 Å². The molecule has 0 radical (unpaired) electrons. The molecule has 0 spiro atoms. The maximum atomic E-state index is 13.2. The molecule has 168 valence electrons. The van der Waals surface area contributed by atoms with Crippen molar-refractivity contribution in [2.24, 2.45) is 0 Å². The Kier molecular flexibility index (Phi) is 7.20. The second-order valence-electron chi connectivity index (χ2n) is 7.37. The van der Waals surface area contributed by atoms with Crippen LogP contribution >= 0.6 is 11.6 Å². The van der Waals surface area contributed by atoms with Crippen molar-refractivity contribution in [1.82, 2.24) is 5.32 Å². The van der Waals surface area contributed by atoms with Crippen molar-refractivity contribution in [3.63, 3.8) is 0 Å². The zero-order valence-electron chi connectivity index (χ0n) is 18.4. The lowest BCUT2D eigenvalue weighted by molar-refractivity contribution is -0.122. The predicted molar refractivity (Wildman–Crippen MR) is 123 cm³/mol. The quantitative estimate of drug-likeness (QED) is 0.480. The number of urea groups is 1. The second-order valence-corrected chi connectivity index (χ2v) is 7.78. The van der Waals surface area contributed by atoms with Crippen molar-refractivity contribution in [3.8, 4) is 11.5 Å². The molecule has 7 nitrogen and oxygen atoms in total. The lowest BCUT2D eigenvalue weighted by Crippen LogP contribution is -2.54. The van der Waals surface area contributed by atoms with Gasteiger partial charge in [0.15, 0.2) is 11.5 Å². The lowest BCUT2D eigenvalue weighted by Gasteiger charge is -2.28. The lowest BCUT2D eigenvalue weighted by atomic mass is 10.0. The van der Waals surface area contributed by atoms with Crippen LogP contribution in [0.3, 0.4) is 0 Å². The number of aryl methyl sites for hydroxylation is 1. The van der Waals surface area contributed by atoms with Crippen molar-refractivity contribution < 1.29 is 23.9 Å². The highest BCUT2D eigenvalue weighted by Crippen LogP contribution is 2.38. The van der Waals surface area contributed by atoms with E-state index in [1.54, 1.807) is 24.3 Å². The number of rotatable bonds is 7. The van der Waals surface area contributed by atoms with Crippen molar-refractivity contribution in [2.45, 2.75) is 40.2 Å². The number of amides is 4. The number of nitrogens with zero attached hydrogens (tertiary/aromatic N) is 1. The number of benzene rings is 2. The molecule has 0 saturated carbocycles. The molecule has 4 amide bonds. The molecule has 1 aliphatic rings. The molecule has 2 aromatic rings. The summed E-state index contributed by atoms with van der Waals surface area (Å²) in [5.41, 5.74) is 1.52. The van der Waals surface area contributed by atoms with Gasteiger partial charge in [0.05, 0.1) is 23.4 Å². The number of ether oxygens (including phenoxy) is 2. The molecular formula is C24H25ClN2O5. The topological polar surface area (TPSA) is 84.9 Å². The summed E-state index contributed by atoms with van der Waals surface area (Å²) in [6.07, 6.45) is 1.88. The molecular weight excluding hydrogens is 432 g/mol. The Bertz CT molecular complexity index is 1090. The Balaban J connectivity index is 2.06. The molecule has 0 aromatic heterocycles. The maximum Gasteiger partial charge on any atom is 0.335 e. The van der Waals surface area contributed by atoms with Crippen LogP contribution in [0, 0.1) is 0 Å². The molecule has 2 aromatic carbocycles. The fraction of sp³-hybridized carbons (Fsp3) is 0.292. The number of halogens is 1. The largest absolute Gasteiger partial charge is 0.490 e. The minimum atomic E-state index is -0.785. The first-order chi connectivity index (χ1) is 15.3. The summed E-state index contributed by atoms with van der Waals surface area (Å²) >= 11 is 6.41. The van der Waals surface area contributed by atoms with Crippen LogP contribution in [0.5, 0.6) is 11.5 Å². The van der Waals surface area contributed by atoms with Crippen molar-refractivity contribution in [2.75, 3.05) is 11.5 Å². The number of anilines is 1. The minimum Gasteiger partial charge on any atom is -0.490 e. The van der Waals surface area contributed by atoms with Gasteiger partial charge in [-0.05, 0) is 62.6 Å². The highest BCUT2D eigenvalue weighted by Gasteiger charge is 2.37. The van der Waals surface area contributed by atoms with E-state index >= 15 is 0 Å². The monoisotopic (exact) mass is 456 g/mol. The Morgan fingerprint density at radius 2 is 1.84 bits per heavy atom. The minimum absolute atomic E-state index is 0.125.